The number of anilines is 2. The topological polar surface area (TPSA) is 104 Å². The third-order valence-corrected chi connectivity index (χ3v) is 5.02. The van der Waals surface area contributed by atoms with Crippen LogP contribution in [0.4, 0.5) is 20.6 Å². The predicted octanol–water partition coefficient (Wildman–Crippen LogP) is 0.986. The van der Waals surface area contributed by atoms with Gasteiger partial charge in [-0.1, -0.05) is 0 Å². The molecule has 1 atom stereocenters. The number of aliphatic hydroxyl groups excluding tert-OH is 1. The first-order valence-corrected chi connectivity index (χ1v) is 10.6. The zero-order valence-electron chi connectivity index (χ0n) is 18.9. The summed E-state index contributed by atoms with van der Waals surface area (Å²) in [5, 5.41) is 13.1. The molecule has 1 aliphatic rings. The minimum absolute atomic E-state index is 0.0308. The van der Waals surface area contributed by atoms with Crippen LogP contribution < -0.4 is 15.1 Å². The Morgan fingerprint density at radius 3 is 2.75 bits per heavy atom. The summed E-state index contributed by atoms with van der Waals surface area (Å²) < 4.78 is 25.4. The van der Waals surface area contributed by atoms with Gasteiger partial charge in [-0.05, 0) is 25.1 Å². The van der Waals surface area contributed by atoms with E-state index in [1.807, 2.05) is 11.8 Å². The molecule has 0 bridgehead atoms. The summed E-state index contributed by atoms with van der Waals surface area (Å²) in [5.41, 5.74) is 0.823. The van der Waals surface area contributed by atoms with E-state index in [1.54, 1.807) is 24.3 Å². The number of nitrogens with zero attached hydrogens (tertiary/aromatic N) is 3. The van der Waals surface area contributed by atoms with Gasteiger partial charge in [0.25, 0.3) is 0 Å². The molecule has 1 saturated heterocycles. The third-order valence-electron chi connectivity index (χ3n) is 5.02. The molecule has 2 amide bonds. The first-order valence-electron chi connectivity index (χ1n) is 10.6. The highest BCUT2D eigenvalue weighted by molar-refractivity contribution is 5.90. The van der Waals surface area contributed by atoms with E-state index in [4.69, 9.17) is 19.4 Å². The van der Waals surface area contributed by atoms with E-state index in [-0.39, 0.29) is 32.2 Å². The largest absolute Gasteiger partial charge is 0.442 e. The summed E-state index contributed by atoms with van der Waals surface area (Å²) in [6.07, 6.45) is -1.05. The van der Waals surface area contributed by atoms with Crippen molar-refractivity contribution in [3.8, 4) is 0 Å². The maximum atomic E-state index is 14.9. The Morgan fingerprint density at radius 1 is 1.34 bits per heavy atom. The highest BCUT2D eigenvalue weighted by Gasteiger charge is 2.32. The Kier molecular flexibility index (Phi) is 10.6. The van der Waals surface area contributed by atoms with Gasteiger partial charge in [-0.3, -0.25) is 9.69 Å². The second-order valence-electron chi connectivity index (χ2n) is 7.22. The van der Waals surface area contributed by atoms with Crippen molar-refractivity contribution >= 4 is 23.4 Å². The van der Waals surface area contributed by atoms with Crippen molar-refractivity contribution in [3.63, 3.8) is 0 Å². The Labute approximate surface area is 187 Å². The lowest BCUT2D eigenvalue weighted by atomic mass is 10.2. The Hall–Kier alpha value is -2.47. The van der Waals surface area contributed by atoms with E-state index in [0.29, 0.717) is 44.2 Å². The number of ether oxygens (including phenoxy) is 2. The number of hydroxylamine groups is 2. The van der Waals surface area contributed by atoms with Gasteiger partial charge in [-0.25, -0.2) is 9.18 Å². The molecular weight excluding hydrogens is 423 g/mol. The van der Waals surface area contributed by atoms with Gasteiger partial charge in [-0.2, -0.15) is 5.06 Å². The lowest BCUT2D eigenvalue weighted by Crippen LogP contribution is -2.37. The molecule has 180 valence electrons. The van der Waals surface area contributed by atoms with E-state index in [9.17, 15) is 14.0 Å². The maximum absolute atomic E-state index is 14.9. The quantitative estimate of drug-likeness (QED) is 0.316. The van der Waals surface area contributed by atoms with E-state index in [0.717, 1.165) is 0 Å². The van der Waals surface area contributed by atoms with Crippen LogP contribution in [-0.4, -0.2) is 94.5 Å². The molecule has 1 heterocycles. The zero-order chi connectivity index (χ0) is 23.5. The Bertz CT molecular complexity index is 753. The lowest BCUT2D eigenvalue weighted by molar-refractivity contribution is -0.139. The summed E-state index contributed by atoms with van der Waals surface area (Å²) >= 11 is 0. The Morgan fingerprint density at radius 2 is 2.12 bits per heavy atom. The molecule has 10 nitrogen and oxygen atoms in total. The SMILES string of the molecule is CCN(CCN(CCOCCO)OC)c1ccc(N2C[C@H](CNC(C)=O)OC2=O)cc1F. The molecule has 11 heteroatoms. The highest BCUT2D eigenvalue weighted by Crippen LogP contribution is 2.28. The maximum Gasteiger partial charge on any atom is 0.414 e. The minimum atomic E-state index is -0.570. The molecule has 2 rings (SSSR count). The fourth-order valence-corrected chi connectivity index (χ4v) is 3.32. The first kappa shape index (κ1) is 25.8. The van der Waals surface area contributed by atoms with Crippen LogP contribution in [0.3, 0.4) is 0 Å². The van der Waals surface area contributed by atoms with Crippen molar-refractivity contribution in [2.45, 2.75) is 20.0 Å². The van der Waals surface area contributed by atoms with Gasteiger partial charge in [0.05, 0.1) is 51.4 Å². The highest BCUT2D eigenvalue weighted by atomic mass is 19.1. The number of aliphatic hydroxyl groups is 1. The summed E-state index contributed by atoms with van der Waals surface area (Å²) in [5.74, 6) is -0.656. The Balaban J connectivity index is 1.97. The molecule has 0 radical (unpaired) electrons. The molecule has 1 aromatic carbocycles. The van der Waals surface area contributed by atoms with E-state index in [1.165, 1.54) is 17.9 Å². The van der Waals surface area contributed by atoms with Crippen molar-refractivity contribution in [3.05, 3.63) is 24.0 Å². The third kappa shape index (κ3) is 7.59. The van der Waals surface area contributed by atoms with Gasteiger partial charge in [0, 0.05) is 33.1 Å². The van der Waals surface area contributed by atoms with Gasteiger partial charge in [0.1, 0.15) is 11.9 Å². The van der Waals surface area contributed by atoms with Gasteiger partial charge in [-0.15, -0.1) is 0 Å². The standard InChI is InChI=1S/C21H33FN4O6/c1-4-24(7-8-25(30-3)9-11-31-12-10-27)20-6-5-17(13-19(20)22)26-15-18(32-21(26)29)14-23-16(2)28/h5-6,13,18,27H,4,7-12,14-15H2,1-3H3,(H,23,28)/t18-/m0/s1. The van der Waals surface area contributed by atoms with Crippen molar-refractivity contribution < 1.29 is 33.4 Å². The zero-order valence-corrected chi connectivity index (χ0v) is 18.9. The number of carbonyl (C=O) groups is 2. The number of amides is 2. The molecule has 1 aromatic rings. The van der Waals surface area contributed by atoms with Crippen LogP contribution in [0.15, 0.2) is 18.2 Å². The molecule has 0 saturated carbocycles. The van der Waals surface area contributed by atoms with E-state index < -0.39 is 18.0 Å². The molecule has 0 aromatic heterocycles. The average Bonchev–Trinajstić information content (AvgIpc) is 3.15. The lowest BCUT2D eigenvalue weighted by Gasteiger charge is -2.28. The first-order chi connectivity index (χ1) is 15.4. The van der Waals surface area contributed by atoms with Crippen LogP contribution in [0.5, 0.6) is 0 Å². The molecule has 0 spiro atoms. The van der Waals surface area contributed by atoms with Crippen LogP contribution in [0.25, 0.3) is 0 Å². The molecule has 1 fully saturated rings. The second-order valence-corrected chi connectivity index (χ2v) is 7.22. The minimum Gasteiger partial charge on any atom is -0.442 e. The number of benzene rings is 1. The fraction of sp³-hybridized carbons (Fsp3) is 0.619. The van der Waals surface area contributed by atoms with Crippen LogP contribution >= 0.6 is 0 Å². The van der Waals surface area contributed by atoms with E-state index in [2.05, 4.69) is 5.32 Å². The predicted molar refractivity (Wildman–Crippen MR) is 117 cm³/mol. The van der Waals surface area contributed by atoms with Crippen molar-refractivity contribution in [1.82, 2.24) is 10.4 Å². The van der Waals surface area contributed by atoms with Crippen molar-refractivity contribution in [2.24, 2.45) is 0 Å². The number of halogens is 1. The van der Waals surface area contributed by atoms with Gasteiger partial charge in [0.2, 0.25) is 5.91 Å². The molecule has 2 N–H and O–H groups in total. The molecule has 32 heavy (non-hydrogen) atoms. The van der Waals surface area contributed by atoms with Gasteiger partial charge < -0.3 is 29.6 Å². The number of nitrogens with one attached hydrogen (secondary N) is 1. The average molecular weight is 457 g/mol. The van der Waals surface area contributed by atoms with Crippen LogP contribution in [0.1, 0.15) is 13.8 Å². The van der Waals surface area contributed by atoms with E-state index >= 15 is 0 Å². The molecule has 0 unspecified atom stereocenters. The number of hydrogen-bond acceptors (Lipinski definition) is 8. The molecular formula is C21H33FN4O6. The van der Waals surface area contributed by atoms with Gasteiger partial charge >= 0.3 is 6.09 Å². The van der Waals surface area contributed by atoms with Crippen LogP contribution in [0, 0.1) is 5.82 Å². The summed E-state index contributed by atoms with van der Waals surface area (Å²) in [4.78, 5) is 31.8. The van der Waals surface area contributed by atoms with Crippen LogP contribution in [0.2, 0.25) is 0 Å². The number of rotatable bonds is 14. The molecule has 1 aliphatic heterocycles. The van der Waals surface area contributed by atoms with Gasteiger partial charge in [0.15, 0.2) is 0 Å². The molecule has 0 aliphatic carbocycles. The number of likely N-dealkylation sites (N-methyl/N-ethyl adjacent to an activating group) is 1. The number of carbonyl (C=O) groups excluding carboxylic acids is 2. The normalized spacial score (nSPS) is 15.9. The summed E-state index contributed by atoms with van der Waals surface area (Å²) in [6.45, 7) is 6.57. The number of cyclic esters (lactones) is 1. The monoisotopic (exact) mass is 456 g/mol. The fourth-order valence-electron chi connectivity index (χ4n) is 3.32. The smallest absolute Gasteiger partial charge is 0.414 e. The van der Waals surface area contributed by atoms with Crippen molar-refractivity contribution in [1.29, 1.82) is 0 Å². The summed E-state index contributed by atoms with van der Waals surface area (Å²) in [6, 6.07) is 4.64. The van der Waals surface area contributed by atoms with Crippen LogP contribution in [-0.2, 0) is 19.1 Å². The second kappa shape index (κ2) is 13.2. The van der Waals surface area contributed by atoms with Crippen molar-refractivity contribution in [2.75, 3.05) is 76.0 Å². The number of hydrogen-bond donors (Lipinski definition) is 2. The summed E-state index contributed by atoms with van der Waals surface area (Å²) in [7, 11) is 1.56.